The Morgan fingerprint density at radius 2 is 1.93 bits per heavy atom. The van der Waals surface area contributed by atoms with Crippen molar-refractivity contribution in [1.29, 1.82) is 0 Å². The molecule has 1 aliphatic rings. The zero-order valence-electron chi connectivity index (χ0n) is 8.06. The molecule has 14 heavy (non-hydrogen) atoms. The monoisotopic (exact) mass is 190 g/mol. The molecule has 1 rings (SSSR count). The van der Waals surface area contributed by atoms with Gasteiger partial charge in [0.1, 0.15) is 6.10 Å². The number of rotatable bonds is 4. The van der Waals surface area contributed by atoms with Crippen molar-refractivity contribution in [2.24, 2.45) is 0 Å². The van der Waals surface area contributed by atoms with Crippen molar-refractivity contribution in [3.8, 4) is 0 Å². The second kappa shape index (κ2) is 5.97. The van der Waals surface area contributed by atoms with Crippen LogP contribution in [0.1, 0.15) is 12.8 Å². The van der Waals surface area contributed by atoms with Crippen molar-refractivity contribution >= 4 is 5.97 Å². The fourth-order valence-electron chi connectivity index (χ4n) is 1.14. The number of allylic oxidation sites excluding steroid dienone is 6. The first kappa shape index (κ1) is 10.5. The highest BCUT2D eigenvalue weighted by Gasteiger charge is 2.19. The molecule has 0 bridgehead atoms. The maximum atomic E-state index is 10.7. The minimum absolute atomic E-state index is 0.0319. The van der Waals surface area contributed by atoms with Crippen molar-refractivity contribution in [3.63, 3.8) is 0 Å². The highest BCUT2D eigenvalue weighted by Crippen LogP contribution is 2.14. The third-order valence-electron chi connectivity index (χ3n) is 1.82. The van der Waals surface area contributed by atoms with Crippen LogP contribution in [-0.2, 0) is 9.53 Å². The summed E-state index contributed by atoms with van der Waals surface area (Å²) in [5.41, 5.74) is 0. The van der Waals surface area contributed by atoms with Gasteiger partial charge in [-0.05, 0) is 12.5 Å². The number of hydrogen-bond donors (Lipinski definition) is 0. The van der Waals surface area contributed by atoms with Crippen LogP contribution in [-0.4, -0.2) is 12.1 Å². The molecular weight excluding hydrogens is 176 g/mol. The number of esters is 1. The van der Waals surface area contributed by atoms with E-state index in [2.05, 4.69) is 6.58 Å². The van der Waals surface area contributed by atoms with Crippen LogP contribution >= 0.6 is 0 Å². The second-order valence-corrected chi connectivity index (χ2v) is 2.96. The lowest BCUT2D eigenvalue weighted by molar-refractivity contribution is -0.139. The van der Waals surface area contributed by atoms with Crippen LogP contribution in [0.4, 0.5) is 0 Å². The normalized spacial score (nSPS) is 22.6. The Balaban J connectivity index is 2.26. The molecule has 74 valence electrons. The van der Waals surface area contributed by atoms with Crippen LogP contribution in [0, 0.1) is 0 Å². The lowest BCUT2D eigenvalue weighted by atomic mass is 10.2. The highest BCUT2D eigenvalue weighted by atomic mass is 16.5. The Morgan fingerprint density at radius 1 is 1.21 bits per heavy atom. The van der Waals surface area contributed by atoms with E-state index < -0.39 is 0 Å². The Hall–Kier alpha value is -1.57. The van der Waals surface area contributed by atoms with Gasteiger partial charge in [-0.3, -0.25) is 4.79 Å². The molecule has 0 N–H and O–H groups in total. The van der Waals surface area contributed by atoms with Gasteiger partial charge in [-0.15, -0.1) is 0 Å². The van der Waals surface area contributed by atoms with Crippen molar-refractivity contribution < 1.29 is 9.53 Å². The molecule has 2 nitrogen and oxygen atoms in total. The van der Waals surface area contributed by atoms with Crippen LogP contribution in [0.5, 0.6) is 0 Å². The van der Waals surface area contributed by atoms with Crippen LogP contribution in [0.15, 0.2) is 49.1 Å². The van der Waals surface area contributed by atoms with E-state index in [0.717, 1.165) is 6.42 Å². The van der Waals surface area contributed by atoms with Gasteiger partial charge in [0.15, 0.2) is 0 Å². The van der Waals surface area contributed by atoms with Crippen molar-refractivity contribution in [2.75, 3.05) is 0 Å². The van der Waals surface area contributed by atoms with Crippen LogP contribution in [0.25, 0.3) is 0 Å². The van der Waals surface area contributed by atoms with E-state index in [9.17, 15) is 4.79 Å². The lowest BCUT2D eigenvalue weighted by Gasteiger charge is -1.99. The first-order chi connectivity index (χ1) is 6.83. The summed E-state index contributed by atoms with van der Waals surface area (Å²) in [7, 11) is 0. The van der Waals surface area contributed by atoms with Gasteiger partial charge in [-0.1, -0.05) is 43.0 Å². The molecule has 1 fully saturated rings. The summed E-state index contributed by atoms with van der Waals surface area (Å²) in [6, 6.07) is 0. The average molecular weight is 190 g/mol. The number of carbonyl (C=O) groups is 1. The molecule has 0 aromatic heterocycles. The molecule has 0 aromatic carbocycles. The van der Waals surface area contributed by atoms with E-state index in [4.69, 9.17) is 4.74 Å². The quantitative estimate of drug-likeness (QED) is 0.503. The fraction of sp³-hybridized carbons (Fsp3) is 0.250. The first-order valence-electron chi connectivity index (χ1n) is 4.65. The Bertz CT molecular complexity index is 285. The number of hydrogen-bond acceptors (Lipinski definition) is 2. The predicted molar refractivity (Wildman–Crippen MR) is 56.7 cm³/mol. The van der Waals surface area contributed by atoms with Gasteiger partial charge >= 0.3 is 5.97 Å². The van der Waals surface area contributed by atoms with Crippen molar-refractivity contribution in [1.82, 2.24) is 0 Å². The largest absolute Gasteiger partial charge is 0.458 e. The van der Waals surface area contributed by atoms with Crippen molar-refractivity contribution in [3.05, 3.63) is 49.1 Å². The van der Waals surface area contributed by atoms with Crippen LogP contribution in [0.2, 0.25) is 0 Å². The minimum atomic E-state index is -0.102. The van der Waals surface area contributed by atoms with E-state index in [1.807, 2.05) is 36.5 Å². The molecule has 1 unspecified atom stereocenters. The fourth-order valence-corrected chi connectivity index (χ4v) is 1.14. The van der Waals surface area contributed by atoms with Gasteiger partial charge in [0.2, 0.25) is 0 Å². The molecule has 0 aromatic rings. The molecule has 1 heterocycles. The summed E-state index contributed by atoms with van der Waals surface area (Å²) >= 11 is 0. The summed E-state index contributed by atoms with van der Waals surface area (Å²) in [6.45, 7) is 3.55. The Labute approximate surface area is 84.3 Å². The molecule has 0 amide bonds. The summed E-state index contributed by atoms with van der Waals surface area (Å²) in [4.78, 5) is 10.7. The van der Waals surface area contributed by atoms with Gasteiger partial charge in [-0.25, -0.2) is 0 Å². The summed E-state index contributed by atoms with van der Waals surface area (Å²) < 4.78 is 5.00. The summed E-state index contributed by atoms with van der Waals surface area (Å²) in [6.07, 6.45) is 14.3. The van der Waals surface area contributed by atoms with Gasteiger partial charge in [0.05, 0.1) is 0 Å². The topological polar surface area (TPSA) is 26.3 Å². The highest BCUT2D eigenvalue weighted by molar-refractivity contribution is 5.71. The number of carbonyl (C=O) groups excluding carboxylic acids is 1. The molecule has 0 spiro atoms. The zero-order chi connectivity index (χ0) is 10.2. The number of ether oxygens (including phenoxy) is 1. The maximum absolute atomic E-state index is 10.7. The summed E-state index contributed by atoms with van der Waals surface area (Å²) in [5.74, 6) is -0.102. The van der Waals surface area contributed by atoms with Crippen LogP contribution < -0.4 is 0 Å². The third-order valence-corrected chi connectivity index (χ3v) is 1.82. The van der Waals surface area contributed by atoms with E-state index in [1.165, 1.54) is 0 Å². The van der Waals surface area contributed by atoms with Gasteiger partial charge in [0, 0.05) is 6.42 Å². The van der Waals surface area contributed by atoms with Gasteiger partial charge in [-0.2, -0.15) is 0 Å². The molecule has 1 atom stereocenters. The number of cyclic esters (lactones) is 1. The van der Waals surface area contributed by atoms with Gasteiger partial charge in [0.25, 0.3) is 0 Å². The first-order valence-corrected chi connectivity index (χ1v) is 4.65. The minimum Gasteiger partial charge on any atom is -0.458 e. The van der Waals surface area contributed by atoms with E-state index in [0.29, 0.717) is 6.42 Å². The van der Waals surface area contributed by atoms with E-state index in [1.54, 1.807) is 6.08 Å². The summed E-state index contributed by atoms with van der Waals surface area (Å²) in [5, 5.41) is 0. The molecule has 1 aliphatic heterocycles. The molecule has 0 saturated carbocycles. The molecular formula is C12H14O2. The predicted octanol–water partition coefficient (Wildman–Crippen LogP) is 2.55. The van der Waals surface area contributed by atoms with Crippen molar-refractivity contribution in [2.45, 2.75) is 18.9 Å². The third kappa shape index (κ3) is 3.90. The maximum Gasteiger partial charge on any atom is 0.306 e. The van der Waals surface area contributed by atoms with E-state index >= 15 is 0 Å². The van der Waals surface area contributed by atoms with E-state index in [-0.39, 0.29) is 12.1 Å². The molecule has 1 saturated heterocycles. The Kier molecular flexibility index (Phi) is 4.48. The standard InChI is InChI=1S/C12H14O2/c1-2-3-4-5-6-7-8-11-9-10-12(13)14-11/h2-8,11H,1,9-10H2. The average Bonchev–Trinajstić information content (AvgIpc) is 2.58. The molecule has 0 radical (unpaired) electrons. The zero-order valence-corrected chi connectivity index (χ0v) is 8.06. The molecule has 0 aliphatic carbocycles. The SMILES string of the molecule is C=CC=CC=CC=CC1CCC(=O)O1. The van der Waals surface area contributed by atoms with Crippen LogP contribution in [0.3, 0.4) is 0 Å². The van der Waals surface area contributed by atoms with Gasteiger partial charge < -0.3 is 4.74 Å². The smallest absolute Gasteiger partial charge is 0.306 e. The lowest BCUT2D eigenvalue weighted by Crippen LogP contribution is -2.01. The second-order valence-electron chi connectivity index (χ2n) is 2.96. The Morgan fingerprint density at radius 3 is 2.57 bits per heavy atom. The molecule has 2 heteroatoms.